The summed E-state index contributed by atoms with van der Waals surface area (Å²) >= 11 is 1.76. The average molecular weight is 328 g/mol. The van der Waals surface area contributed by atoms with Gasteiger partial charge in [0.25, 0.3) is 0 Å². The molecule has 0 unspecified atom stereocenters. The summed E-state index contributed by atoms with van der Waals surface area (Å²) in [5.74, 6) is 2.43. The number of amides is 2. The van der Waals surface area contributed by atoms with Crippen LogP contribution < -0.4 is 14.8 Å². The topological polar surface area (TPSA) is 50.8 Å². The molecule has 1 saturated heterocycles. The number of ether oxygens (including phenoxy) is 2. The Morgan fingerprint density at radius 2 is 1.96 bits per heavy atom. The SMILES string of the molecule is O=C(Nc1ccccc1)N1CCS[C@@H]1c1ccc2c(c1)OCO2. The average Bonchev–Trinajstić information content (AvgIpc) is 3.24. The van der Waals surface area contributed by atoms with Crippen LogP contribution in [0.15, 0.2) is 48.5 Å². The maximum atomic E-state index is 12.6. The second-order valence-corrected chi connectivity index (χ2v) is 6.51. The fraction of sp³-hybridized carbons (Fsp3) is 0.235. The van der Waals surface area contributed by atoms with Gasteiger partial charge in [0, 0.05) is 18.0 Å². The monoisotopic (exact) mass is 328 g/mol. The highest BCUT2D eigenvalue weighted by Crippen LogP contribution is 2.42. The van der Waals surface area contributed by atoms with Crippen molar-refractivity contribution in [2.24, 2.45) is 0 Å². The Morgan fingerprint density at radius 3 is 2.83 bits per heavy atom. The summed E-state index contributed by atoms with van der Waals surface area (Å²) in [6, 6.07) is 15.3. The molecule has 2 aliphatic heterocycles. The summed E-state index contributed by atoms with van der Waals surface area (Å²) in [6.45, 7) is 0.983. The lowest BCUT2D eigenvalue weighted by Crippen LogP contribution is -2.34. The summed E-state index contributed by atoms with van der Waals surface area (Å²) in [6.07, 6.45) is 0. The summed E-state index contributed by atoms with van der Waals surface area (Å²) in [5, 5.41) is 2.95. The quantitative estimate of drug-likeness (QED) is 0.913. The first kappa shape index (κ1) is 14.3. The van der Waals surface area contributed by atoms with Crippen LogP contribution in [-0.4, -0.2) is 30.0 Å². The number of anilines is 1. The minimum Gasteiger partial charge on any atom is -0.454 e. The van der Waals surface area contributed by atoms with Crippen LogP contribution in [0.4, 0.5) is 10.5 Å². The molecule has 2 aliphatic rings. The molecule has 118 valence electrons. The van der Waals surface area contributed by atoms with E-state index in [1.165, 1.54) is 0 Å². The molecule has 2 aromatic carbocycles. The first-order chi connectivity index (χ1) is 11.3. The molecule has 2 amide bonds. The molecular formula is C17H16N2O3S. The Hall–Kier alpha value is -2.34. The Kier molecular flexibility index (Phi) is 3.75. The van der Waals surface area contributed by atoms with Crippen LogP contribution >= 0.6 is 11.8 Å². The van der Waals surface area contributed by atoms with Gasteiger partial charge in [-0.2, -0.15) is 0 Å². The summed E-state index contributed by atoms with van der Waals surface area (Å²) in [5.41, 5.74) is 1.86. The molecule has 0 aliphatic carbocycles. The molecule has 0 aromatic heterocycles. The van der Waals surface area contributed by atoms with E-state index in [1.54, 1.807) is 11.8 Å². The molecule has 0 saturated carbocycles. The van der Waals surface area contributed by atoms with Gasteiger partial charge in [0.15, 0.2) is 11.5 Å². The van der Waals surface area contributed by atoms with Gasteiger partial charge in [-0.25, -0.2) is 4.79 Å². The molecule has 1 N–H and O–H groups in total. The van der Waals surface area contributed by atoms with Gasteiger partial charge in [-0.05, 0) is 29.8 Å². The maximum absolute atomic E-state index is 12.6. The van der Waals surface area contributed by atoms with Gasteiger partial charge in [-0.15, -0.1) is 11.8 Å². The van der Waals surface area contributed by atoms with E-state index in [2.05, 4.69) is 5.32 Å². The number of nitrogens with one attached hydrogen (secondary N) is 1. The van der Waals surface area contributed by atoms with Crippen LogP contribution in [0.1, 0.15) is 10.9 Å². The second-order valence-electron chi connectivity index (χ2n) is 5.33. The molecule has 0 spiro atoms. The van der Waals surface area contributed by atoms with E-state index in [4.69, 9.17) is 9.47 Å². The van der Waals surface area contributed by atoms with Gasteiger partial charge in [0.2, 0.25) is 6.79 Å². The van der Waals surface area contributed by atoms with Crippen LogP contribution in [0, 0.1) is 0 Å². The number of thioether (sulfide) groups is 1. The lowest BCUT2D eigenvalue weighted by Gasteiger charge is -2.24. The standard InChI is InChI=1S/C17H16N2O3S/c20-17(18-13-4-2-1-3-5-13)19-8-9-23-16(19)12-6-7-14-15(10-12)22-11-21-14/h1-7,10,16H,8-9,11H2,(H,18,20)/t16-/m1/s1. The predicted molar refractivity (Wildman–Crippen MR) is 89.9 cm³/mol. The number of hydrogen-bond donors (Lipinski definition) is 1. The molecule has 2 aromatic rings. The molecule has 6 heteroatoms. The van der Waals surface area contributed by atoms with Crippen molar-refractivity contribution in [3.05, 3.63) is 54.1 Å². The zero-order valence-corrected chi connectivity index (χ0v) is 13.2. The van der Waals surface area contributed by atoms with E-state index >= 15 is 0 Å². The summed E-state index contributed by atoms with van der Waals surface area (Å²) in [7, 11) is 0. The van der Waals surface area contributed by atoms with Gasteiger partial charge in [-0.3, -0.25) is 0 Å². The van der Waals surface area contributed by atoms with Crippen LogP contribution in [-0.2, 0) is 0 Å². The van der Waals surface area contributed by atoms with Gasteiger partial charge in [-0.1, -0.05) is 24.3 Å². The van der Waals surface area contributed by atoms with Crippen LogP contribution in [0.5, 0.6) is 11.5 Å². The number of benzene rings is 2. The number of urea groups is 1. The van der Waals surface area contributed by atoms with Crippen molar-refractivity contribution in [2.45, 2.75) is 5.37 Å². The molecule has 4 rings (SSSR count). The van der Waals surface area contributed by atoms with E-state index in [-0.39, 0.29) is 18.2 Å². The zero-order valence-electron chi connectivity index (χ0n) is 12.4. The van der Waals surface area contributed by atoms with Crippen molar-refractivity contribution in [3.63, 3.8) is 0 Å². The minimum absolute atomic E-state index is 0.00628. The van der Waals surface area contributed by atoms with E-state index < -0.39 is 0 Å². The van der Waals surface area contributed by atoms with Gasteiger partial charge < -0.3 is 19.7 Å². The molecule has 23 heavy (non-hydrogen) atoms. The lowest BCUT2D eigenvalue weighted by molar-refractivity contribution is 0.174. The number of nitrogens with zero attached hydrogens (tertiary/aromatic N) is 1. The third-order valence-corrected chi connectivity index (χ3v) is 5.12. The van der Waals surface area contributed by atoms with Crippen molar-refractivity contribution >= 4 is 23.5 Å². The minimum atomic E-state index is -0.0798. The fourth-order valence-electron chi connectivity index (χ4n) is 2.74. The molecular weight excluding hydrogens is 312 g/mol. The van der Waals surface area contributed by atoms with E-state index in [9.17, 15) is 4.79 Å². The third kappa shape index (κ3) is 2.82. The zero-order chi connectivity index (χ0) is 15.6. The van der Waals surface area contributed by atoms with Crippen molar-refractivity contribution < 1.29 is 14.3 Å². The fourth-order valence-corrected chi connectivity index (χ4v) is 3.98. The molecule has 0 radical (unpaired) electrons. The van der Waals surface area contributed by atoms with Crippen LogP contribution in [0.25, 0.3) is 0 Å². The number of carbonyl (C=O) groups excluding carboxylic acids is 1. The van der Waals surface area contributed by atoms with Gasteiger partial charge in [0.1, 0.15) is 5.37 Å². The predicted octanol–water partition coefficient (Wildman–Crippen LogP) is 3.69. The second kappa shape index (κ2) is 6.04. The first-order valence-electron chi connectivity index (χ1n) is 7.45. The third-order valence-electron chi connectivity index (χ3n) is 3.86. The van der Waals surface area contributed by atoms with E-state index in [0.717, 1.165) is 35.0 Å². The maximum Gasteiger partial charge on any atom is 0.323 e. The Labute approximate surface area is 138 Å². The molecule has 0 bridgehead atoms. The normalized spacial score (nSPS) is 19.0. The van der Waals surface area contributed by atoms with Gasteiger partial charge in [0.05, 0.1) is 0 Å². The number of rotatable bonds is 2. The van der Waals surface area contributed by atoms with E-state index in [0.29, 0.717) is 0 Å². The highest BCUT2D eigenvalue weighted by molar-refractivity contribution is 7.99. The van der Waals surface area contributed by atoms with E-state index in [1.807, 2.05) is 53.4 Å². The number of hydrogen-bond acceptors (Lipinski definition) is 4. The highest BCUT2D eigenvalue weighted by Gasteiger charge is 2.31. The van der Waals surface area contributed by atoms with Crippen molar-refractivity contribution in [3.8, 4) is 11.5 Å². The molecule has 5 nitrogen and oxygen atoms in total. The van der Waals surface area contributed by atoms with Crippen LogP contribution in [0.3, 0.4) is 0 Å². The van der Waals surface area contributed by atoms with Crippen molar-refractivity contribution in [1.29, 1.82) is 0 Å². The summed E-state index contributed by atoms with van der Waals surface area (Å²) < 4.78 is 10.8. The van der Waals surface area contributed by atoms with Crippen molar-refractivity contribution in [2.75, 3.05) is 24.4 Å². The van der Waals surface area contributed by atoms with Crippen LogP contribution in [0.2, 0.25) is 0 Å². The molecule has 2 heterocycles. The Morgan fingerprint density at radius 1 is 1.13 bits per heavy atom. The Balaban J connectivity index is 1.53. The Bertz CT molecular complexity index is 723. The largest absolute Gasteiger partial charge is 0.454 e. The van der Waals surface area contributed by atoms with Crippen molar-refractivity contribution in [1.82, 2.24) is 4.90 Å². The smallest absolute Gasteiger partial charge is 0.323 e. The number of para-hydroxylation sites is 1. The number of carbonyl (C=O) groups is 1. The number of fused-ring (bicyclic) bond motifs is 1. The lowest BCUT2D eigenvalue weighted by atomic mass is 10.2. The highest BCUT2D eigenvalue weighted by atomic mass is 32.2. The van der Waals surface area contributed by atoms with Gasteiger partial charge >= 0.3 is 6.03 Å². The first-order valence-corrected chi connectivity index (χ1v) is 8.50. The summed E-state index contributed by atoms with van der Waals surface area (Å²) in [4.78, 5) is 14.4. The molecule has 1 fully saturated rings. The molecule has 1 atom stereocenters.